The summed E-state index contributed by atoms with van der Waals surface area (Å²) in [4.78, 5) is 14.0. The van der Waals surface area contributed by atoms with Crippen LogP contribution in [0.2, 0.25) is 0 Å². The minimum Gasteiger partial charge on any atom is -0.289 e. The molecule has 4 atom stereocenters. The lowest BCUT2D eigenvalue weighted by Gasteiger charge is -2.54. The molecule has 7 rings (SSSR count). The van der Waals surface area contributed by atoms with Crippen LogP contribution in [0.15, 0.2) is 95.4 Å². The lowest BCUT2D eigenvalue weighted by molar-refractivity contribution is -0.913. The molecule has 4 unspecified atom stereocenters. The number of para-hydroxylation sites is 2. The summed E-state index contributed by atoms with van der Waals surface area (Å²) < 4.78 is 3.69. The van der Waals surface area contributed by atoms with E-state index in [1.807, 2.05) is 0 Å². The maximum Gasteiger partial charge on any atom is 0.230 e. The van der Waals surface area contributed by atoms with Crippen LogP contribution in [0.4, 0.5) is 11.4 Å². The molecule has 0 N–H and O–H groups in total. The van der Waals surface area contributed by atoms with E-state index in [2.05, 4.69) is 143 Å². The van der Waals surface area contributed by atoms with Crippen molar-refractivity contribution >= 4 is 17.2 Å². The Morgan fingerprint density at radius 1 is 0.609 bits per heavy atom. The molecule has 1 saturated carbocycles. The molecular formula is C41H56N4O+4. The van der Waals surface area contributed by atoms with Gasteiger partial charge < -0.3 is 0 Å². The monoisotopic (exact) mass is 620 g/mol. The lowest BCUT2D eigenvalue weighted by Crippen LogP contribution is -2.74. The Morgan fingerprint density at radius 3 is 1.30 bits per heavy atom. The average Bonchev–Trinajstić information content (AvgIpc) is 3.46. The highest BCUT2D eigenvalue weighted by atomic mass is 16.1. The molecular weight excluding hydrogens is 564 g/mol. The van der Waals surface area contributed by atoms with Crippen LogP contribution >= 0.6 is 0 Å². The highest BCUT2D eigenvalue weighted by Crippen LogP contribution is 2.60. The Morgan fingerprint density at radius 2 is 0.978 bits per heavy atom. The molecule has 4 heterocycles. The zero-order valence-corrected chi connectivity index (χ0v) is 30.0. The molecule has 2 aromatic carbocycles. The Hall–Kier alpha value is -3.09. The predicted octanol–water partition coefficient (Wildman–Crippen LogP) is 7.44. The summed E-state index contributed by atoms with van der Waals surface area (Å²) in [5, 5.41) is 0. The SMILES string of the molecule is CC1(C)C(=CC=C2CCC(=CC=C3C(C)(C)c4ccccc4[N+]34CCC4[N+](C)(C)C)C2=O)[N+]2(CCC2[N+](C)(C)C)c2ccccc21. The first-order chi connectivity index (χ1) is 21.5. The second-order valence-electron chi connectivity index (χ2n) is 17.6. The second kappa shape index (κ2) is 9.96. The highest BCUT2D eigenvalue weighted by Gasteiger charge is 2.67. The number of hydrogen-bond donors (Lipinski definition) is 0. The number of benzene rings is 2. The molecule has 2 aromatic rings. The molecule has 46 heavy (non-hydrogen) atoms. The summed E-state index contributed by atoms with van der Waals surface area (Å²) >= 11 is 0. The van der Waals surface area contributed by atoms with Crippen LogP contribution in [0.3, 0.4) is 0 Å². The maximum absolute atomic E-state index is 14.0. The third-order valence-electron chi connectivity index (χ3n) is 12.6. The summed E-state index contributed by atoms with van der Waals surface area (Å²) in [6.45, 7) is 11.7. The number of carbonyl (C=O) groups is 1. The Bertz CT molecular complexity index is 1630. The molecule has 2 saturated heterocycles. The first kappa shape index (κ1) is 31.5. The quantitative estimate of drug-likeness (QED) is 0.257. The van der Waals surface area contributed by atoms with E-state index in [-0.39, 0.29) is 16.6 Å². The molecule has 242 valence electrons. The predicted molar refractivity (Wildman–Crippen MR) is 192 cm³/mol. The number of quaternary nitrogens is 4. The fraction of sp³-hybridized carbons (Fsp3) is 0.488. The molecule has 5 heteroatoms. The average molecular weight is 621 g/mol. The minimum absolute atomic E-state index is 0.0909. The molecule has 4 aliphatic heterocycles. The van der Waals surface area contributed by atoms with Gasteiger partial charge in [-0.1, -0.05) is 36.4 Å². The molecule has 0 amide bonds. The van der Waals surface area contributed by atoms with Gasteiger partial charge in [-0.3, -0.25) is 13.8 Å². The number of ketones is 1. The van der Waals surface area contributed by atoms with Gasteiger partial charge in [0.15, 0.2) is 5.78 Å². The van der Waals surface area contributed by atoms with Crippen molar-refractivity contribution < 1.29 is 13.8 Å². The zero-order chi connectivity index (χ0) is 33.1. The Labute approximate surface area is 277 Å². The van der Waals surface area contributed by atoms with E-state index in [9.17, 15) is 4.79 Å². The fourth-order valence-electron chi connectivity index (χ4n) is 10.4. The largest absolute Gasteiger partial charge is 0.289 e. The van der Waals surface area contributed by atoms with Gasteiger partial charge in [-0.05, 0) is 64.8 Å². The van der Waals surface area contributed by atoms with Crippen LogP contribution in [0.1, 0.15) is 64.5 Å². The molecule has 0 aromatic heterocycles. The summed E-state index contributed by atoms with van der Waals surface area (Å²) in [7, 11) is 14.0. The molecule has 5 aliphatic rings. The molecule has 1 aliphatic carbocycles. The van der Waals surface area contributed by atoms with Gasteiger partial charge in [-0.15, -0.1) is 0 Å². The third kappa shape index (κ3) is 4.11. The van der Waals surface area contributed by atoms with Gasteiger partial charge in [0.25, 0.3) is 0 Å². The van der Waals surface area contributed by atoms with Gasteiger partial charge >= 0.3 is 0 Å². The first-order valence-electron chi connectivity index (χ1n) is 17.4. The molecule has 5 nitrogen and oxygen atoms in total. The lowest BCUT2D eigenvalue weighted by atomic mass is 9.83. The molecule has 0 radical (unpaired) electrons. The van der Waals surface area contributed by atoms with Crippen LogP contribution in [-0.2, 0) is 15.6 Å². The van der Waals surface area contributed by atoms with Crippen molar-refractivity contribution in [2.24, 2.45) is 0 Å². The van der Waals surface area contributed by atoms with Crippen molar-refractivity contribution in [3.63, 3.8) is 0 Å². The highest BCUT2D eigenvalue weighted by molar-refractivity contribution is 6.11. The van der Waals surface area contributed by atoms with E-state index in [1.54, 1.807) is 0 Å². The van der Waals surface area contributed by atoms with Crippen molar-refractivity contribution in [2.75, 3.05) is 55.4 Å². The summed E-state index contributed by atoms with van der Waals surface area (Å²) in [5.74, 6) is 0.229. The number of rotatable bonds is 4. The summed E-state index contributed by atoms with van der Waals surface area (Å²) in [6, 6.07) is 18.1. The van der Waals surface area contributed by atoms with E-state index < -0.39 is 0 Å². The second-order valence-corrected chi connectivity index (χ2v) is 17.6. The zero-order valence-electron chi connectivity index (χ0n) is 30.0. The van der Waals surface area contributed by atoms with E-state index in [0.29, 0.717) is 12.3 Å². The minimum atomic E-state index is -0.0909. The van der Waals surface area contributed by atoms with E-state index >= 15 is 0 Å². The first-order valence-corrected chi connectivity index (χ1v) is 17.4. The molecule has 2 spiro atoms. The van der Waals surface area contributed by atoms with Gasteiger partial charge in [0, 0.05) is 34.4 Å². The van der Waals surface area contributed by atoms with Crippen LogP contribution in [-0.4, -0.2) is 82.5 Å². The smallest absolute Gasteiger partial charge is 0.230 e. The molecule has 0 bridgehead atoms. The number of allylic oxidation sites excluding steroid dienone is 8. The van der Waals surface area contributed by atoms with Crippen molar-refractivity contribution in [2.45, 2.75) is 76.5 Å². The van der Waals surface area contributed by atoms with E-state index in [0.717, 1.165) is 55.0 Å². The van der Waals surface area contributed by atoms with Crippen molar-refractivity contribution in [3.05, 3.63) is 107 Å². The van der Waals surface area contributed by atoms with Crippen molar-refractivity contribution in [1.82, 2.24) is 8.97 Å². The topological polar surface area (TPSA) is 17.1 Å². The van der Waals surface area contributed by atoms with E-state index in [4.69, 9.17) is 0 Å². The van der Waals surface area contributed by atoms with Crippen LogP contribution in [0, 0.1) is 0 Å². The van der Waals surface area contributed by atoms with Crippen LogP contribution in [0.5, 0.6) is 0 Å². The van der Waals surface area contributed by atoms with Crippen LogP contribution in [0.25, 0.3) is 0 Å². The Balaban J connectivity index is 1.25. The van der Waals surface area contributed by atoms with Gasteiger partial charge in [-0.2, -0.15) is 0 Å². The van der Waals surface area contributed by atoms with E-state index in [1.165, 1.54) is 46.7 Å². The standard InChI is InChI=1S/C41H56N4O/c1-40(2)31-15-11-13-17-33(31)44(27-25-37(44)42(5,6)7)35(40)23-21-29-19-20-30(39(29)46)22-24-36-41(3,4)32-16-12-14-18-34(32)45(36)28-26-38(45)43(8,9)10/h11-18,21-24,37-38H,19-20,25-28H2,1-10H3/q+4. The summed E-state index contributed by atoms with van der Waals surface area (Å²) in [5.41, 5.74) is 10.3. The fourth-order valence-corrected chi connectivity index (χ4v) is 10.4. The number of fused-ring (bicyclic) bond motifs is 4. The van der Waals surface area contributed by atoms with Gasteiger partial charge in [0.2, 0.25) is 12.3 Å². The van der Waals surface area contributed by atoms with Crippen LogP contribution < -0.4 is 8.97 Å². The Kier molecular flexibility index (Phi) is 6.82. The normalized spacial score (nSPS) is 34.5. The number of nitrogens with zero attached hydrogens (tertiary/aromatic N) is 4. The summed E-state index contributed by atoms with van der Waals surface area (Å²) in [6.07, 6.45) is 14.1. The number of hydrogen-bond acceptors (Lipinski definition) is 1. The third-order valence-corrected chi connectivity index (χ3v) is 12.6. The molecule has 3 fully saturated rings. The number of Topliss-reactive ketones (excluding diaryl/α,β-unsaturated/α-hetero) is 1. The van der Waals surface area contributed by atoms with Gasteiger partial charge in [0.05, 0.1) is 53.1 Å². The number of carbonyl (C=O) groups excluding carboxylic acids is 1. The van der Waals surface area contributed by atoms with Gasteiger partial charge in [-0.25, -0.2) is 8.97 Å². The van der Waals surface area contributed by atoms with Crippen molar-refractivity contribution in [3.8, 4) is 0 Å². The maximum atomic E-state index is 14.0. The van der Waals surface area contributed by atoms with Crippen molar-refractivity contribution in [1.29, 1.82) is 0 Å². The van der Waals surface area contributed by atoms with Gasteiger partial charge in [0.1, 0.15) is 48.7 Å².